The van der Waals surface area contributed by atoms with Crippen molar-refractivity contribution in [2.24, 2.45) is 5.73 Å². The Kier molecular flexibility index (Phi) is 9.43. The Labute approximate surface area is 206 Å². The molecule has 188 valence electrons. The zero-order valence-electron chi connectivity index (χ0n) is 20.1. The average Bonchev–Trinajstić information content (AvgIpc) is 2.87. The van der Waals surface area contributed by atoms with Gasteiger partial charge in [0, 0.05) is 11.9 Å². The van der Waals surface area contributed by atoms with E-state index in [2.05, 4.69) is 9.82 Å². The maximum Gasteiger partial charge on any atom is 0.458 e. The van der Waals surface area contributed by atoms with Gasteiger partial charge in [-0.1, -0.05) is 66.2 Å². The molecule has 0 heterocycles. The van der Waals surface area contributed by atoms with Gasteiger partial charge < -0.3 is 20.1 Å². The van der Waals surface area contributed by atoms with E-state index in [1.807, 2.05) is 61.5 Å². The van der Waals surface area contributed by atoms with Crippen LogP contribution in [0, 0.1) is 6.92 Å². The minimum Gasteiger partial charge on any atom is -0.469 e. The summed E-state index contributed by atoms with van der Waals surface area (Å²) in [6, 6.07) is 21.0. The van der Waals surface area contributed by atoms with E-state index in [4.69, 9.17) is 14.8 Å². The van der Waals surface area contributed by atoms with Gasteiger partial charge in [0.2, 0.25) is 0 Å². The van der Waals surface area contributed by atoms with E-state index < -0.39 is 19.3 Å². The zero-order valence-corrected chi connectivity index (χ0v) is 21.0. The highest BCUT2D eigenvalue weighted by Gasteiger charge is 2.33. The summed E-state index contributed by atoms with van der Waals surface area (Å²) in [5, 5.41) is 14.4. The molecular formula is C26H33N2O6P. The number of rotatable bonds is 13. The standard InChI is InChI=1S/C26H33N2O6P/c1-20-10-12-21(13-11-20)14-16-26(27,18-29)19-33-35(31,28-17-15-25(30)32-2)34-24-9-5-7-22-6-3-4-8-23(22)24/h3-13,29H,14-19,27H2,1-2H3,(H,28,31). The van der Waals surface area contributed by atoms with Gasteiger partial charge in [0.1, 0.15) is 5.75 Å². The normalized spacial score (nSPS) is 14.7. The second-order valence-electron chi connectivity index (χ2n) is 8.58. The van der Waals surface area contributed by atoms with Crippen molar-refractivity contribution in [3.8, 4) is 5.75 Å². The Morgan fingerprint density at radius 3 is 2.51 bits per heavy atom. The second-order valence-corrected chi connectivity index (χ2v) is 10.3. The molecule has 2 atom stereocenters. The Balaban J connectivity index is 1.75. The number of carbonyl (C=O) groups excluding carboxylic acids is 1. The van der Waals surface area contributed by atoms with Crippen LogP contribution in [0.15, 0.2) is 66.7 Å². The molecule has 0 radical (unpaired) electrons. The summed E-state index contributed by atoms with van der Waals surface area (Å²) in [5.74, 6) is -0.0980. The summed E-state index contributed by atoms with van der Waals surface area (Å²) in [6.07, 6.45) is 0.998. The number of benzene rings is 3. The number of carbonyl (C=O) groups is 1. The molecule has 0 saturated heterocycles. The first-order valence-corrected chi connectivity index (χ1v) is 13.0. The van der Waals surface area contributed by atoms with Crippen molar-refractivity contribution in [1.29, 1.82) is 0 Å². The van der Waals surface area contributed by atoms with Crippen molar-refractivity contribution >= 4 is 24.5 Å². The van der Waals surface area contributed by atoms with Crippen molar-refractivity contribution < 1.29 is 28.3 Å². The highest BCUT2D eigenvalue weighted by atomic mass is 31.2. The molecule has 3 rings (SSSR count). The molecule has 0 aliphatic rings. The van der Waals surface area contributed by atoms with Crippen LogP contribution in [0.25, 0.3) is 10.8 Å². The topological polar surface area (TPSA) is 120 Å². The van der Waals surface area contributed by atoms with Crippen molar-refractivity contribution in [2.75, 3.05) is 26.9 Å². The first kappa shape index (κ1) is 26.9. The summed E-state index contributed by atoms with van der Waals surface area (Å²) in [4.78, 5) is 11.5. The number of methoxy groups -OCH3 is 1. The molecule has 3 aromatic carbocycles. The average molecular weight is 501 g/mol. The van der Waals surface area contributed by atoms with Gasteiger partial charge in [-0.05, 0) is 36.8 Å². The highest BCUT2D eigenvalue weighted by Crippen LogP contribution is 2.46. The molecule has 0 spiro atoms. The fraction of sp³-hybridized carbons (Fsp3) is 0.346. The monoisotopic (exact) mass is 500 g/mol. The fourth-order valence-corrected chi connectivity index (χ4v) is 4.90. The second kappa shape index (κ2) is 12.3. The van der Waals surface area contributed by atoms with E-state index in [0.29, 0.717) is 18.6 Å². The number of aryl methyl sites for hydroxylation is 2. The number of hydrogen-bond acceptors (Lipinski definition) is 7. The van der Waals surface area contributed by atoms with Crippen LogP contribution < -0.4 is 15.3 Å². The van der Waals surface area contributed by atoms with Gasteiger partial charge >= 0.3 is 13.7 Å². The van der Waals surface area contributed by atoms with E-state index in [-0.39, 0.29) is 26.2 Å². The Bertz CT molecular complexity index is 1160. The van der Waals surface area contributed by atoms with E-state index in [1.165, 1.54) is 7.11 Å². The smallest absolute Gasteiger partial charge is 0.458 e. The van der Waals surface area contributed by atoms with E-state index in [9.17, 15) is 14.5 Å². The van der Waals surface area contributed by atoms with Crippen LogP contribution in [-0.2, 0) is 25.0 Å². The van der Waals surface area contributed by atoms with E-state index >= 15 is 0 Å². The lowest BCUT2D eigenvalue weighted by atomic mass is 9.94. The maximum absolute atomic E-state index is 13.7. The molecule has 9 heteroatoms. The number of hydrogen-bond donors (Lipinski definition) is 3. The number of esters is 1. The molecule has 0 saturated carbocycles. The van der Waals surface area contributed by atoms with Gasteiger partial charge in [-0.2, -0.15) is 0 Å². The molecule has 0 aliphatic carbocycles. The lowest BCUT2D eigenvalue weighted by molar-refractivity contribution is -0.140. The Morgan fingerprint density at radius 1 is 1.09 bits per heavy atom. The number of fused-ring (bicyclic) bond motifs is 1. The molecule has 3 aromatic rings. The number of aliphatic hydroxyl groups is 1. The Morgan fingerprint density at radius 2 is 1.80 bits per heavy atom. The highest BCUT2D eigenvalue weighted by molar-refractivity contribution is 7.52. The zero-order chi connectivity index (χ0) is 25.3. The quantitative estimate of drug-likeness (QED) is 0.237. The molecule has 35 heavy (non-hydrogen) atoms. The van der Waals surface area contributed by atoms with Crippen LogP contribution in [-0.4, -0.2) is 43.5 Å². The van der Waals surface area contributed by atoms with Gasteiger partial charge in [0.05, 0.1) is 32.3 Å². The molecule has 0 bridgehead atoms. The van der Waals surface area contributed by atoms with Crippen molar-refractivity contribution in [3.05, 3.63) is 77.9 Å². The molecule has 0 amide bonds. The fourth-order valence-electron chi connectivity index (χ4n) is 3.46. The summed E-state index contributed by atoms with van der Waals surface area (Å²) >= 11 is 0. The van der Waals surface area contributed by atoms with Gasteiger partial charge in [-0.15, -0.1) is 0 Å². The maximum atomic E-state index is 13.7. The molecular weight excluding hydrogens is 467 g/mol. The van der Waals surface area contributed by atoms with Gasteiger partial charge in [-0.25, -0.2) is 9.65 Å². The van der Waals surface area contributed by atoms with Crippen molar-refractivity contribution in [1.82, 2.24) is 5.09 Å². The predicted molar refractivity (Wildman–Crippen MR) is 136 cm³/mol. The van der Waals surface area contributed by atoms with Gasteiger partial charge in [-0.3, -0.25) is 9.32 Å². The predicted octanol–water partition coefficient (Wildman–Crippen LogP) is 4.13. The molecule has 2 unspecified atom stereocenters. The van der Waals surface area contributed by atoms with Crippen LogP contribution in [0.4, 0.5) is 0 Å². The van der Waals surface area contributed by atoms with Gasteiger partial charge in [0.15, 0.2) is 0 Å². The summed E-state index contributed by atoms with van der Waals surface area (Å²) in [6.45, 7) is 1.44. The number of aliphatic hydroxyl groups excluding tert-OH is 1. The summed E-state index contributed by atoms with van der Waals surface area (Å²) in [5.41, 5.74) is 7.49. The van der Waals surface area contributed by atoms with Crippen LogP contribution in [0.2, 0.25) is 0 Å². The van der Waals surface area contributed by atoms with Crippen LogP contribution in [0.3, 0.4) is 0 Å². The molecule has 4 N–H and O–H groups in total. The molecule has 0 aromatic heterocycles. The van der Waals surface area contributed by atoms with Crippen molar-refractivity contribution in [3.63, 3.8) is 0 Å². The third-order valence-corrected chi connectivity index (χ3v) is 7.22. The lowest BCUT2D eigenvalue weighted by Gasteiger charge is -2.29. The van der Waals surface area contributed by atoms with Crippen molar-refractivity contribution in [2.45, 2.75) is 31.7 Å². The largest absolute Gasteiger partial charge is 0.469 e. The lowest BCUT2D eigenvalue weighted by Crippen LogP contribution is -2.48. The van der Waals surface area contributed by atoms with Crippen LogP contribution in [0.1, 0.15) is 24.0 Å². The Hall–Kier alpha value is -2.74. The minimum atomic E-state index is -3.97. The number of nitrogens with one attached hydrogen (secondary N) is 1. The van der Waals surface area contributed by atoms with Crippen LogP contribution >= 0.6 is 7.75 Å². The number of ether oxygens (including phenoxy) is 1. The number of nitrogens with two attached hydrogens (primary N) is 1. The molecule has 8 nitrogen and oxygen atoms in total. The third-order valence-electron chi connectivity index (χ3n) is 5.70. The van der Waals surface area contributed by atoms with Crippen LogP contribution in [0.5, 0.6) is 5.75 Å². The summed E-state index contributed by atoms with van der Waals surface area (Å²) in [7, 11) is -2.69. The molecule has 0 aliphatic heterocycles. The SMILES string of the molecule is COC(=O)CCNP(=O)(OCC(N)(CO)CCc1ccc(C)cc1)Oc1cccc2ccccc12. The van der Waals surface area contributed by atoms with E-state index in [1.54, 1.807) is 12.1 Å². The van der Waals surface area contributed by atoms with Gasteiger partial charge in [0.25, 0.3) is 0 Å². The first-order valence-electron chi connectivity index (χ1n) is 11.4. The third kappa shape index (κ3) is 7.88. The van der Waals surface area contributed by atoms with E-state index in [0.717, 1.165) is 21.9 Å². The molecule has 0 fully saturated rings. The first-order chi connectivity index (χ1) is 16.8. The minimum absolute atomic E-state index is 0.00871. The summed E-state index contributed by atoms with van der Waals surface area (Å²) < 4.78 is 30.0.